The smallest absolute Gasteiger partial charge is 0.331 e. The van der Waals surface area contributed by atoms with Crippen molar-refractivity contribution in [3.05, 3.63) is 52.6 Å². The number of hydrogen-bond donors (Lipinski definition) is 0. The first-order chi connectivity index (χ1) is 8.38. The predicted octanol–water partition coefficient (Wildman–Crippen LogP) is 3.91. The van der Waals surface area contributed by atoms with E-state index < -0.39 is 11.7 Å². The molecule has 0 aliphatic rings. The third-order valence-electron chi connectivity index (χ3n) is 2.64. The molecular formula is C12H10ClF3N2. The molecule has 0 atom stereocenters. The molecule has 2 rings (SSSR count). The second kappa shape index (κ2) is 4.65. The van der Waals surface area contributed by atoms with Crippen molar-refractivity contribution >= 4 is 11.6 Å². The Morgan fingerprint density at radius 3 is 2.56 bits per heavy atom. The molecule has 0 bridgehead atoms. The average Bonchev–Trinajstić information content (AvgIpc) is 2.66. The predicted molar refractivity (Wildman–Crippen MR) is 62.5 cm³/mol. The molecule has 0 aliphatic carbocycles. The second-order valence-corrected chi connectivity index (χ2v) is 4.31. The number of nitrogens with zero attached hydrogens (tertiary/aromatic N) is 2. The first-order valence-electron chi connectivity index (χ1n) is 5.21. The van der Waals surface area contributed by atoms with E-state index in [9.17, 15) is 13.2 Å². The first kappa shape index (κ1) is 13.0. The zero-order chi connectivity index (χ0) is 13.3. The zero-order valence-corrected chi connectivity index (χ0v) is 10.3. The van der Waals surface area contributed by atoms with Gasteiger partial charge in [0.05, 0.1) is 12.1 Å². The van der Waals surface area contributed by atoms with E-state index in [2.05, 4.69) is 4.98 Å². The number of halogens is 4. The minimum Gasteiger partial charge on any atom is -0.331 e. The number of aromatic nitrogens is 2. The lowest BCUT2D eigenvalue weighted by molar-refractivity contribution is -0.137. The van der Waals surface area contributed by atoms with Gasteiger partial charge in [-0.1, -0.05) is 17.7 Å². The summed E-state index contributed by atoms with van der Waals surface area (Å²) in [6.07, 6.45) is -0.982. The van der Waals surface area contributed by atoms with Gasteiger partial charge in [-0.25, -0.2) is 4.98 Å². The number of imidazole rings is 1. The summed E-state index contributed by atoms with van der Waals surface area (Å²) in [5.74, 6) is 0.783. The van der Waals surface area contributed by atoms with Crippen LogP contribution in [0.25, 0.3) is 0 Å². The molecule has 1 heterocycles. The molecule has 2 aromatic rings. The minimum atomic E-state index is -4.37. The summed E-state index contributed by atoms with van der Waals surface area (Å²) in [6, 6.07) is 3.38. The monoisotopic (exact) mass is 274 g/mol. The van der Waals surface area contributed by atoms with E-state index in [4.69, 9.17) is 11.6 Å². The van der Waals surface area contributed by atoms with Gasteiger partial charge < -0.3 is 4.57 Å². The fraction of sp³-hybridized carbons (Fsp3) is 0.250. The molecule has 1 aromatic carbocycles. The van der Waals surface area contributed by atoms with Crippen molar-refractivity contribution in [1.82, 2.24) is 9.55 Å². The lowest BCUT2D eigenvalue weighted by Gasteiger charge is -2.11. The van der Waals surface area contributed by atoms with Crippen LogP contribution in [0.5, 0.6) is 0 Å². The van der Waals surface area contributed by atoms with Gasteiger partial charge in [-0.2, -0.15) is 13.2 Å². The van der Waals surface area contributed by atoms with Gasteiger partial charge in [-0.15, -0.1) is 0 Å². The van der Waals surface area contributed by atoms with E-state index in [1.807, 2.05) is 11.5 Å². The maximum absolute atomic E-state index is 12.5. The van der Waals surface area contributed by atoms with Crippen LogP contribution in [-0.4, -0.2) is 9.55 Å². The van der Waals surface area contributed by atoms with Gasteiger partial charge in [0, 0.05) is 17.4 Å². The van der Waals surface area contributed by atoms with Gasteiger partial charge in [0.1, 0.15) is 5.82 Å². The Bertz CT molecular complexity index is 561. The van der Waals surface area contributed by atoms with E-state index >= 15 is 0 Å². The highest BCUT2D eigenvalue weighted by molar-refractivity contribution is 6.31. The number of aryl methyl sites for hydroxylation is 1. The van der Waals surface area contributed by atoms with Crippen LogP contribution in [0.2, 0.25) is 5.02 Å². The highest BCUT2D eigenvalue weighted by Crippen LogP contribution is 2.32. The molecule has 0 spiro atoms. The standard InChI is InChI=1S/C12H10ClF3N2/c1-8-17-4-5-18(8)7-9-2-3-10(6-11(9)13)12(14,15)16/h2-6H,7H2,1H3. The Labute approximate surface area is 107 Å². The molecule has 0 saturated heterocycles. The number of hydrogen-bond acceptors (Lipinski definition) is 1. The molecule has 2 nitrogen and oxygen atoms in total. The molecule has 6 heteroatoms. The highest BCUT2D eigenvalue weighted by atomic mass is 35.5. The van der Waals surface area contributed by atoms with E-state index in [0.29, 0.717) is 12.1 Å². The van der Waals surface area contributed by atoms with Crippen molar-refractivity contribution in [1.29, 1.82) is 0 Å². The van der Waals surface area contributed by atoms with Crippen LogP contribution in [0, 0.1) is 6.92 Å². The van der Waals surface area contributed by atoms with Crippen molar-refractivity contribution < 1.29 is 13.2 Å². The van der Waals surface area contributed by atoms with Crippen molar-refractivity contribution in [2.24, 2.45) is 0 Å². The van der Waals surface area contributed by atoms with Crippen LogP contribution >= 0.6 is 11.6 Å². The van der Waals surface area contributed by atoms with E-state index in [1.165, 1.54) is 6.07 Å². The van der Waals surface area contributed by atoms with E-state index in [0.717, 1.165) is 18.0 Å². The Morgan fingerprint density at radius 2 is 2.06 bits per heavy atom. The minimum absolute atomic E-state index is 0.109. The Morgan fingerprint density at radius 1 is 1.33 bits per heavy atom. The molecule has 18 heavy (non-hydrogen) atoms. The van der Waals surface area contributed by atoms with E-state index in [1.54, 1.807) is 12.4 Å². The average molecular weight is 275 g/mol. The molecule has 0 fully saturated rings. The van der Waals surface area contributed by atoms with Crippen LogP contribution in [-0.2, 0) is 12.7 Å². The maximum atomic E-state index is 12.5. The van der Waals surface area contributed by atoms with Gasteiger partial charge in [-0.05, 0) is 24.6 Å². The van der Waals surface area contributed by atoms with Gasteiger partial charge in [0.2, 0.25) is 0 Å². The Balaban J connectivity index is 2.29. The molecule has 1 aromatic heterocycles. The molecule has 0 aliphatic heterocycles. The number of rotatable bonds is 2. The van der Waals surface area contributed by atoms with Gasteiger partial charge in [0.25, 0.3) is 0 Å². The number of alkyl halides is 3. The molecule has 0 radical (unpaired) electrons. The third-order valence-corrected chi connectivity index (χ3v) is 3.00. The van der Waals surface area contributed by atoms with Gasteiger partial charge in [0.15, 0.2) is 0 Å². The summed E-state index contributed by atoms with van der Waals surface area (Å²) in [5, 5.41) is 0.109. The summed E-state index contributed by atoms with van der Waals surface area (Å²) in [4.78, 5) is 4.04. The summed E-state index contributed by atoms with van der Waals surface area (Å²) in [7, 11) is 0. The Kier molecular flexibility index (Phi) is 3.34. The lowest BCUT2D eigenvalue weighted by atomic mass is 10.1. The molecule has 0 N–H and O–H groups in total. The van der Waals surface area contributed by atoms with Crippen LogP contribution in [0.15, 0.2) is 30.6 Å². The maximum Gasteiger partial charge on any atom is 0.416 e. The summed E-state index contributed by atoms with van der Waals surface area (Å²) in [6.45, 7) is 2.22. The normalized spacial score (nSPS) is 11.8. The van der Waals surface area contributed by atoms with E-state index in [-0.39, 0.29) is 5.02 Å². The molecule has 0 saturated carbocycles. The van der Waals surface area contributed by atoms with Crippen LogP contribution in [0.4, 0.5) is 13.2 Å². The largest absolute Gasteiger partial charge is 0.416 e. The fourth-order valence-corrected chi connectivity index (χ4v) is 1.85. The van der Waals surface area contributed by atoms with Crippen molar-refractivity contribution in [2.75, 3.05) is 0 Å². The lowest BCUT2D eigenvalue weighted by Crippen LogP contribution is -2.06. The second-order valence-electron chi connectivity index (χ2n) is 3.91. The first-order valence-corrected chi connectivity index (χ1v) is 5.59. The Hall–Kier alpha value is -1.49. The molecular weight excluding hydrogens is 265 g/mol. The molecule has 96 valence electrons. The van der Waals surface area contributed by atoms with Crippen molar-refractivity contribution in [3.8, 4) is 0 Å². The van der Waals surface area contributed by atoms with Crippen LogP contribution in [0.1, 0.15) is 17.0 Å². The van der Waals surface area contributed by atoms with Crippen molar-refractivity contribution in [2.45, 2.75) is 19.6 Å². The fourth-order valence-electron chi connectivity index (χ4n) is 1.61. The third kappa shape index (κ3) is 2.67. The van der Waals surface area contributed by atoms with Gasteiger partial charge >= 0.3 is 6.18 Å². The van der Waals surface area contributed by atoms with Crippen LogP contribution in [0.3, 0.4) is 0 Å². The quantitative estimate of drug-likeness (QED) is 0.812. The van der Waals surface area contributed by atoms with Crippen LogP contribution < -0.4 is 0 Å². The summed E-state index contributed by atoms with van der Waals surface area (Å²) in [5.41, 5.74) is -0.107. The number of benzene rings is 1. The van der Waals surface area contributed by atoms with Gasteiger partial charge in [-0.3, -0.25) is 0 Å². The summed E-state index contributed by atoms with van der Waals surface area (Å²) < 4.78 is 39.2. The van der Waals surface area contributed by atoms with Crippen molar-refractivity contribution in [3.63, 3.8) is 0 Å². The zero-order valence-electron chi connectivity index (χ0n) is 9.50. The topological polar surface area (TPSA) is 17.8 Å². The highest BCUT2D eigenvalue weighted by Gasteiger charge is 2.30. The molecule has 0 amide bonds. The molecule has 0 unspecified atom stereocenters. The SMILES string of the molecule is Cc1nccn1Cc1ccc(C(F)(F)F)cc1Cl. The summed E-state index contributed by atoms with van der Waals surface area (Å²) >= 11 is 5.87.